The Morgan fingerprint density at radius 2 is 2.15 bits per heavy atom. The lowest BCUT2D eigenvalue weighted by molar-refractivity contribution is -0.120. The molecule has 0 fully saturated rings. The van der Waals surface area contributed by atoms with Gasteiger partial charge in [-0.15, -0.1) is 11.3 Å². The molecule has 0 aromatic carbocycles. The van der Waals surface area contributed by atoms with E-state index < -0.39 is 0 Å². The predicted molar refractivity (Wildman–Crippen MR) is 110 cm³/mol. The average molecular weight is 394 g/mol. The number of rotatable bonds is 9. The average Bonchev–Trinajstić information content (AvgIpc) is 3.01. The molecule has 0 spiro atoms. The fraction of sp³-hybridized carbons (Fsp3) is 0.632. The van der Waals surface area contributed by atoms with Crippen molar-refractivity contribution in [3.63, 3.8) is 0 Å². The van der Waals surface area contributed by atoms with Crippen molar-refractivity contribution in [2.75, 3.05) is 12.3 Å². The van der Waals surface area contributed by atoms with Crippen LogP contribution in [-0.2, 0) is 23.4 Å². The number of aryl methyl sites for hydroxylation is 2. The molecule has 7 heteroatoms. The number of H-pyrrole nitrogens is 1. The van der Waals surface area contributed by atoms with Gasteiger partial charge in [0.15, 0.2) is 0 Å². The highest BCUT2D eigenvalue weighted by atomic mass is 32.2. The molecule has 0 unspecified atom stereocenters. The molecule has 0 atom stereocenters. The first-order valence-electron chi connectivity index (χ1n) is 9.57. The van der Waals surface area contributed by atoms with E-state index >= 15 is 0 Å². The van der Waals surface area contributed by atoms with Gasteiger partial charge in [-0.25, -0.2) is 4.98 Å². The topological polar surface area (TPSA) is 74.8 Å². The van der Waals surface area contributed by atoms with Gasteiger partial charge in [-0.3, -0.25) is 9.59 Å². The number of fused-ring (bicyclic) bond motifs is 3. The maximum absolute atomic E-state index is 12.5. The Morgan fingerprint density at radius 1 is 1.31 bits per heavy atom. The van der Waals surface area contributed by atoms with Crippen molar-refractivity contribution in [3.05, 3.63) is 26.6 Å². The summed E-state index contributed by atoms with van der Waals surface area (Å²) in [5.41, 5.74) is 1.22. The van der Waals surface area contributed by atoms with Crippen LogP contribution in [0.1, 0.15) is 61.7 Å². The van der Waals surface area contributed by atoms with Crippen molar-refractivity contribution in [2.45, 2.75) is 64.0 Å². The number of nitrogens with one attached hydrogen (secondary N) is 2. The van der Waals surface area contributed by atoms with Gasteiger partial charge in [0.2, 0.25) is 5.91 Å². The summed E-state index contributed by atoms with van der Waals surface area (Å²) in [5, 5.41) is 3.76. The van der Waals surface area contributed by atoms with Crippen molar-refractivity contribution in [1.82, 2.24) is 15.3 Å². The minimum Gasteiger partial charge on any atom is -0.356 e. The highest BCUT2D eigenvalue weighted by Gasteiger charge is 2.19. The Balaban J connectivity index is 1.50. The van der Waals surface area contributed by atoms with Crippen LogP contribution in [0.3, 0.4) is 0 Å². The first-order valence-corrected chi connectivity index (χ1v) is 11.5. The Bertz CT molecular complexity index is 813. The molecular formula is C19H27N3O2S2. The van der Waals surface area contributed by atoms with Crippen LogP contribution in [0.15, 0.2) is 4.79 Å². The number of thioether (sulfide) groups is 1. The number of aromatic nitrogens is 2. The number of carbonyl (C=O) groups is 1. The van der Waals surface area contributed by atoms with E-state index in [9.17, 15) is 9.59 Å². The zero-order valence-corrected chi connectivity index (χ0v) is 17.0. The van der Waals surface area contributed by atoms with Gasteiger partial charge in [-0.2, -0.15) is 11.8 Å². The number of thiophene rings is 1. The highest BCUT2D eigenvalue weighted by Crippen LogP contribution is 2.33. The zero-order chi connectivity index (χ0) is 18.4. The minimum atomic E-state index is -0.00123. The largest absolute Gasteiger partial charge is 0.356 e. The fourth-order valence-electron chi connectivity index (χ4n) is 3.30. The molecule has 2 aromatic heterocycles. The van der Waals surface area contributed by atoms with E-state index in [1.165, 1.54) is 16.9 Å². The van der Waals surface area contributed by atoms with Crippen LogP contribution < -0.4 is 10.9 Å². The summed E-state index contributed by atoms with van der Waals surface area (Å²) >= 11 is 3.32. The smallest absolute Gasteiger partial charge is 0.259 e. The first kappa shape index (κ1) is 19.4. The number of hydrogen-bond acceptors (Lipinski definition) is 5. The maximum Gasteiger partial charge on any atom is 0.259 e. The molecule has 26 heavy (non-hydrogen) atoms. The molecular weight excluding hydrogens is 366 g/mol. The van der Waals surface area contributed by atoms with E-state index in [1.807, 2.05) is 0 Å². The summed E-state index contributed by atoms with van der Waals surface area (Å²) in [5.74, 6) is 2.20. The molecule has 0 radical (unpaired) electrons. The van der Waals surface area contributed by atoms with Gasteiger partial charge in [-0.05, 0) is 37.7 Å². The van der Waals surface area contributed by atoms with Crippen molar-refractivity contribution >= 4 is 39.2 Å². The lowest BCUT2D eigenvalue weighted by atomic mass is 9.97. The van der Waals surface area contributed by atoms with Gasteiger partial charge in [0, 0.05) is 23.6 Å². The van der Waals surface area contributed by atoms with Crippen LogP contribution in [0.2, 0.25) is 0 Å². The second-order valence-corrected chi connectivity index (χ2v) is 8.95. The lowest BCUT2D eigenvalue weighted by Crippen LogP contribution is -2.24. The van der Waals surface area contributed by atoms with Crippen LogP contribution in [0.5, 0.6) is 0 Å². The van der Waals surface area contributed by atoms with Crippen LogP contribution >= 0.6 is 23.1 Å². The second-order valence-electron chi connectivity index (χ2n) is 6.76. The maximum atomic E-state index is 12.5. The Labute approximate surface area is 162 Å². The quantitative estimate of drug-likeness (QED) is 0.636. The molecule has 2 aromatic rings. The molecule has 0 aliphatic heterocycles. The fourth-order valence-corrected chi connectivity index (χ4v) is 5.39. The van der Waals surface area contributed by atoms with Crippen molar-refractivity contribution in [3.8, 4) is 0 Å². The molecule has 2 N–H and O–H groups in total. The zero-order valence-electron chi connectivity index (χ0n) is 15.4. The molecule has 2 heterocycles. The molecule has 0 bridgehead atoms. The van der Waals surface area contributed by atoms with Crippen molar-refractivity contribution in [2.24, 2.45) is 0 Å². The third kappa shape index (κ3) is 4.88. The van der Waals surface area contributed by atoms with Crippen LogP contribution in [0.25, 0.3) is 10.2 Å². The van der Waals surface area contributed by atoms with Crippen LogP contribution in [0, 0.1) is 0 Å². The number of nitrogens with zero attached hydrogens (tertiary/aromatic N) is 1. The van der Waals surface area contributed by atoms with Gasteiger partial charge < -0.3 is 10.3 Å². The number of carbonyl (C=O) groups excluding carboxylic acids is 1. The second kappa shape index (κ2) is 9.55. The molecule has 3 rings (SSSR count). The molecule has 0 saturated heterocycles. The standard InChI is InChI=1S/C19H27N3O2S2/c1-2-3-6-10-20-16(23)9-11-25-12-15-21-18(24)17-13-7-4-5-8-14(13)26-19(17)22-15/h2-12H2,1H3,(H,20,23)(H,21,22,24). The number of hydrogen-bond donors (Lipinski definition) is 2. The van der Waals surface area contributed by atoms with E-state index in [0.717, 1.165) is 66.9 Å². The first-order chi connectivity index (χ1) is 12.7. The third-order valence-corrected chi connectivity index (χ3v) is 6.84. The highest BCUT2D eigenvalue weighted by molar-refractivity contribution is 7.98. The number of amides is 1. The van der Waals surface area contributed by atoms with Crippen LogP contribution in [0.4, 0.5) is 0 Å². The normalized spacial score (nSPS) is 13.7. The Kier molecular flexibility index (Phi) is 7.14. The summed E-state index contributed by atoms with van der Waals surface area (Å²) in [6, 6.07) is 0. The van der Waals surface area contributed by atoms with Gasteiger partial charge in [-0.1, -0.05) is 19.8 Å². The molecule has 1 amide bonds. The molecule has 142 valence electrons. The van der Waals surface area contributed by atoms with Crippen molar-refractivity contribution in [1.29, 1.82) is 0 Å². The monoisotopic (exact) mass is 393 g/mol. The van der Waals surface area contributed by atoms with E-state index in [-0.39, 0.29) is 11.5 Å². The molecule has 1 aliphatic carbocycles. The Hall–Kier alpha value is -1.34. The Morgan fingerprint density at radius 3 is 3.00 bits per heavy atom. The lowest BCUT2D eigenvalue weighted by Gasteiger charge is -2.09. The third-order valence-electron chi connectivity index (χ3n) is 4.69. The van der Waals surface area contributed by atoms with Gasteiger partial charge in [0.1, 0.15) is 10.7 Å². The van der Waals surface area contributed by atoms with E-state index in [2.05, 4.69) is 22.2 Å². The van der Waals surface area contributed by atoms with Gasteiger partial charge in [0.25, 0.3) is 5.56 Å². The van der Waals surface area contributed by atoms with Gasteiger partial charge in [0.05, 0.1) is 11.1 Å². The summed E-state index contributed by atoms with van der Waals surface area (Å²) in [7, 11) is 0. The summed E-state index contributed by atoms with van der Waals surface area (Å²) in [4.78, 5) is 34.1. The predicted octanol–water partition coefficient (Wildman–Crippen LogP) is 3.79. The van der Waals surface area contributed by atoms with Crippen LogP contribution in [-0.4, -0.2) is 28.2 Å². The number of aromatic amines is 1. The van der Waals surface area contributed by atoms with Crippen molar-refractivity contribution < 1.29 is 4.79 Å². The molecule has 5 nitrogen and oxygen atoms in total. The van der Waals surface area contributed by atoms with E-state index in [1.54, 1.807) is 23.1 Å². The summed E-state index contributed by atoms with van der Waals surface area (Å²) in [6.07, 6.45) is 8.32. The molecule has 1 aliphatic rings. The SMILES string of the molecule is CCCCCNC(=O)CCSCc1nc2sc3c(c2c(=O)[nH]1)CCCC3. The number of unbranched alkanes of at least 4 members (excludes halogenated alkanes) is 2. The van der Waals surface area contributed by atoms with Gasteiger partial charge >= 0.3 is 0 Å². The molecule has 0 saturated carbocycles. The van der Waals surface area contributed by atoms with E-state index in [0.29, 0.717) is 12.2 Å². The summed E-state index contributed by atoms with van der Waals surface area (Å²) < 4.78 is 0. The minimum absolute atomic E-state index is 0.00123. The summed E-state index contributed by atoms with van der Waals surface area (Å²) in [6.45, 7) is 2.92. The van der Waals surface area contributed by atoms with E-state index in [4.69, 9.17) is 0 Å².